The molecule has 0 aliphatic heterocycles. The number of ether oxygens (including phenoxy) is 1. The van der Waals surface area contributed by atoms with Gasteiger partial charge in [-0.2, -0.15) is 0 Å². The maximum absolute atomic E-state index is 10.9. The van der Waals surface area contributed by atoms with Crippen LogP contribution in [0.2, 0.25) is 0 Å². The zero-order valence-electron chi connectivity index (χ0n) is 9.69. The molecule has 1 fully saturated rings. The maximum atomic E-state index is 10.9. The number of hydrogen-bond acceptors (Lipinski definition) is 3. The van der Waals surface area contributed by atoms with Gasteiger partial charge in [-0.25, -0.2) is 4.79 Å². The van der Waals surface area contributed by atoms with E-state index in [2.05, 4.69) is 0 Å². The molecule has 1 aliphatic rings. The predicted octanol–water partition coefficient (Wildman–Crippen LogP) is 3.12. The van der Waals surface area contributed by atoms with E-state index in [0.29, 0.717) is 5.69 Å². The van der Waals surface area contributed by atoms with Gasteiger partial charge in [-0.3, -0.25) is 0 Å². The largest absolute Gasteiger partial charge is 0.506 e. The van der Waals surface area contributed by atoms with Gasteiger partial charge in [0, 0.05) is 5.69 Å². The Morgan fingerprint density at radius 2 is 2.00 bits per heavy atom. The first-order chi connectivity index (χ1) is 8.12. The molecule has 1 saturated carbocycles. The number of hydrogen-bond donors (Lipinski definition) is 2. The number of anilines is 1. The third-order valence-electron chi connectivity index (χ3n) is 3.36. The Labute approximate surface area is 100 Å². The van der Waals surface area contributed by atoms with Crippen molar-refractivity contribution >= 4 is 11.8 Å². The number of benzene rings is 1. The van der Waals surface area contributed by atoms with Gasteiger partial charge in [-0.05, 0) is 43.4 Å². The van der Waals surface area contributed by atoms with Crippen LogP contribution in [0.4, 0.5) is 10.5 Å². The lowest BCUT2D eigenvalue weighted by atomic mass is 9.79. The van der Waals surface area contributed by atoms with Gasteiger partial charge in [-0.1, -0.05) is 18.6 Å². The van der Waals surface area contributed by atoms with Crippen LogP contribution in [0.15, 0.2) is 24.3 Å². The van der Waals surface area contributed by atoms with Crippen LogP contribution in [0.1, 0.15) is 37.7 Å². The van der Waals surface area contributed by atoms with E-state index >= 15 is 0 Å². The highest BCUT2D eigenvalue weighted by molar-refractivity contribution is 5.58. The molecule has 1 aromatic carbocycles. The first-order valence-electron chi connectivity index (χ1n) is 5.90. The third-order valence-corrected chi connectivity index (χ3v) is 3.36. The minimum Gasteiger partial charge on any atom is -0.450 e. The summed E-state index contributed by atoms with van der Waals surface area (Å²) in [6.07, 6.45) is 3.37. The average molecular weight is 235 g/mol. The number of nitrogens with two attached hydrogens (primary N) is 1. The second-order valence-corrected chi connectivity index (χ2v) is 4.55. The van der Waals surface area contributed by atoms with Crippen molar-refractivity contribution in [1.29, 1.82) is 0 Å². The van der Waals surface area contributed by atoms with E-state index < -0.39 is 11.8 Å². The molecule has 0 saturated heterocycles. The molecule has 4 heteroatoms. The lowest BCUT2D eigenvalue weighted by molar-refractivity contribution is -0.0460. The monoisotopic (exact) mass is 235 g/mol. The molecule has 17 heavy (non-hydrogen) atoms. The summed E-state index contributed by atoms with van der Waals surface area (Å²) in [6, 6.07) is 7.34. The topological polar surface area (TPSA) is 72.5 Å². The Balaban J connectivity index is 2.35. The molecule has 0 unspecified atom stereocenters. The second kappa shape index (κ2) is 4.65. The van der Waals surface area contributed by atoms with Crippen LogP contribution in [-0.2, 0) is 10.3 Å². The van der Waals surface area contributed by atoms with Gasteiger partial charge >= 0.3 is 6.16 Å². The molecule has 3 N–H and O–H groups in total. The molecule has 0 amide bonds. The quantitative estimate of drug-likeness (QED) is 0.610. The SMILES string of the molecule is Nc1cccc(C2(OC(=O)O)CCCCC2)c1. The molecule has 0 radical (unpaired) electrons. The van der Waals surface area contributed by atoms with E-state index in [9.17, 15) is 4.79 Å². The van der Waals surface area contributed by atoms with Gasteiger partial charge in [-0.15, -0.1) is 0 Å². The number of carboxylic acid groups (broad SMARTS) is 1. The molecule has 4 nitrogen and oxygen atoms in total. The fourth-order valence-electron chi connectivity index (χ4n) is 2.56. The van der Waals surface area contributed by atoms with Crippen molar-refractivity contribution in [2.24, 2.45) is 0 Å². The smallest absolute Gasteiger partial charge is 0.450 e. The van der Waals surface area contributed by atoms with Gasteiger partial charge in [0.25, 0.3) is 0 Å². The van der Waals surface area contributed by atoms with Gasteiger partial charge in [0.05, 0.1) is 0 Å². The first kappa shape index (κ1) is 11.8. The molecule has 0 aromatic heterocycles. The Bertz CT molecular complexity index is 411. The zero-order chi connectivity index (χ0) is 12.3. The molecule has 92 valence electrons. The minimum absolute atomic E-state index is 0.640. The van der Waals surface area contributed by atoms with Crippen molar-refractivity contribution in [3.8, 4) is 0 Å². The van der Waals surface area contributed by atoms with E-state index in [1.54, 1.807) is 6.07 Å². The summed E-state index contributed by atoms with van der Waals surface area (Å²) in [7, 11) is 0. The lowest BCUT2D eigenvalue weighted by Crippen LogP contribution is -2.34. The van der Waals surface area contributed by atoms with Crippen molar-refractivity contribution in [2.75, 3.05) is 5.73 Å². The Kier molecular flexibility index (Phi) is 3.22. The van der Waals surface area contributed by atoms with Crippen LogP contribution in [0.3, 0.4) is 0 Å². The number of carbonyl (C=O) groups is 1. The van der Waals surface area contributed by atoms with E-state index in [1.807, 2.05) is 18.2 Å². The van der Waals surface area contributed by atoms with Crippen LogP contribution >= 0.6 is 0 Å². The maximum Gasteiger partial charge on any atom is 0.506 e. The van der Waals surface area contributed by atoms with Crippen molar-refractivity contribution in [2.45, 2.75) is 37.7 Å². The van der Waals surface area contributed by atoms with Crippen molar-refractivity contribution in [1.82, 2.24) is 0 Å². The summed E-state index contributed by atoms with van der Waals surface area (Å²) >= 11 is 0. The summed E-state index contributed by atoms with van der Waals surface area (Å²) in [5.41, 5.74) is 6.57. The van der Waals surface area contributed by atoms with E-state index in [4.69, 9.17) is 15.6 Å². The molecule has 0 bridgehead atoms. The van der Waals surface area contributed by atoms with Crippen molar-refractivity contribution in [3.63, 3.8) is 0 Å². The lowest BCUT2D eigenvalue weighted by Gasteiger charge is -2.36. The zero-order valence-corrected chi connectivity index (χ0v) is 9.69. The standard InChI is InChI=1S/C13H17NO3/c14-11-6-4-5-10(9-11)13(17-12(15)16)7-2-1-3-8-13/h4-6,9H,1-3,7-8,14H2,(H,15,16). The molecular weight excluding hydrogens is 218 g/mol. The number of nitrogen functional groups attached to an aromatic ring is 1. The molecular formula is C13H17NO3. The van der Waals surface area contributed by atoms with Gasteiger partial charge < -0.3 is 15.6 Å². The molecule has 2 rings (SSSR count). The summed E-state index contributed by atoms with van der Waals surface area (Å²) in [6.45, 7) is 0. The highest BCUT2D eigenvalue weighted by Crippen LogP contribution is 2.41. The Morgan fingerprint density at radius 3 is 2.59 bits per heavy atom. The van der Waals surface area contributed by atoms with Gasteiger partial charge in [0.1, 0.15) is 5.60 Å². The highest BCUT2D eigenvalue weighted by atomic mass is 16.7. The van der Waals surface area contributed by atoms with E-state index in [-0.39, 0.29) is 0 Å². The second-order valence-electron chi connectivity index (χ2n) is 4.55. The molecule has 1 aromatic rings. The predicted molar refractivity (Wildman–Crippen MR) is 64.7 cm³/mol. The highest BCUT2D eigenvalue weighted by Gasteiger charge is 2.37. The fraction of sp³-hybridized carbons (Fsp3) is 0.462. The van der Waals surface area contributed by atoms with Crippen molar-refractivity contribution in [3.05, 3.63) is 29.8 Å². The van der Waals surface area contributed by atoms with Crippen LogP contribution in [-0.4, -0.2) is 11.3 Å². The average Bonchev–Trinajstić information content (AvgIpc) is 2.29. The summed E-state index contributed by atoms with van der Waals surface area (Å²) < 4.78 is 5.18. The molecule has 0 atom stereocenters. The van der Waals surface area contributed by atoms with E-state index in [1.165, 1.54) is 0 Å². The van der Waals surface area contributed by atoms with Gasteiger partial charge in [0.2, 0.25) is 0 Å². The summed E-state index contributed by atoms with van der Waals surface area (Å²) in [5.74, 6) is 0. The van der Waals surface area contributed by atoms with Crippen molar-refractivity contribution < 1.29 is 14.6 Å². The Morgan fingerprint density at radius 1 is 1.29 bits per heavy atom. The first-order valence-corrected chi connectivity index (χ1v) is 5.90. The fourth-order valence-corrected chi connectivity index (χ4v) is 2.56. The minimum atomic E-state index is -1.21. The summed E-state index contributed by atoms with van der Waals surface area (Å²) in [5, 5.41) is 8.91. The molecule has 0 spiro atoms. The summed E-state index contributed by atoms with van der Waals surface area (Å²) in [4.78, 5) is 10.9. The van der Waals surface area contributed by atoms with Crippen LogP contribution in [0.25, 0.3) is 0 Å². The molecule has 0 heterocycles. The van der Waals surface area contributed by atoms with Crippen LogP contribution in [0.5, 0.6) is 0 Å². The van der Waals surface area contributed by atoms with Crippen LogP contribution < -0.4 is 5.73 Å². The van der Waals surface area contributed by atoms with Gasteiger partial charge in [0.15, 0.2) is 0 Å². The van der Waals surface area contributed by atoms with Crippen LogP contribution in [0, 0.1) is 0 Å². The molecule has 1 aliphatic carbocycles. The number of rotatable bonds is 2. The van der Waals surface area contributed by atoms with E-state index in [0.717, 1.165) is 37.7 Å². The Hall–Kier alpha value is -1.71. The third kappa shape index (κ3) is 2.52. The normalized spacial score (nSPS) is 18.6.